The van der Waals surface area contributed by atoms with E-state index in [2.05, 4.69) is 65.8 Å². The summed E-state index contributed by atoms with van der Waals surface area (Å²) in [7, 11) is 0. The third-order valence-electron chi connectivity index (χ3n) is 4.56. The van der Waals surface area contributed by atoms with Crippen LogP contribution in [0.1, 0.15) is 42.3 Å². The Bertz CT molecular complexity index is 666. The van der Waals surface area contributed by atoms with Crippen LogP contribution in [0, 0.1) is 5.92 Å². The Kier molecular flexibility index (Phi) is 5.69. The first-order valence-electron chi connectivity index (χ1n) is 8.74. The number of hydrogen-bond donors (Lipinski definition) is 1. The molecule has 3 nitrogen and oxygen atoms in total. The Morgan fingerprint density at radius 1 is 1.21 bits per heavy atom. The van der Waals surface area contributed by atoms with Crippen LogP contribution in [0.15, 0.2) is 41.8 Å². The van der Waals surface area contributed by atoms with Crippen LogP contribution >= 0.6 is 11.3 Å². The highest BCUT2D eigenvalue weighted by Gasteiger charge is 2.25. The predicted molar refractivity (Wildman–Crippen MR) is 100 cm³/mol. The zero-order valence-corrected chi connectivity index (χ0v) is 15.3. The van der Waals surface area contributed by atoms with Gasteiger partial charge in [0.1, 0.15) is 0 Å². The summed E-state index contributed by atoms with van der Waals surface area (Å²) in [5, 5.41) is 5.27. The molecule has 0 saturated carbocycles. The van der Waals surface area contributed by atoms with Crippen molar-refractivity contribution in [1.82, 2.24) is 10.2 Å². The van der Waals surface area contributed by atoms with Crippen LogP contribution in [-0.4, -0.2) is 23.9 Å². The summed E-state index contributed by atoms with van der Waals surface area (Å²) in [6, 6.07) is 13.2. The highest BCUT2D eigenvalue weighted by atomic mass is 32.1. The Morgan fingerprint density at radius 3 is 2.71 bits per heavy atom. The number of nitrogens with zero attached hydrogens (tertiary/aromatic N) is 1. The van der Waals surface area contributed by atoms with Crippen molar-refractivity contribution in [2.45, 2.75) is 39.3 Å². The molecule has 0 radical (unpaired) electrons. The molecule has 1 atom stereocenters. The first-order chi connectivity index (χ1) is 11.6. The van der Waals surface area contributed by atoms with Crippen molar-refractivity contribution in [2.75, 3.05) is 13.1 Å². The number of fused-ring (bicyclic) bond motifs is 1. The molecule has 4 heteroatoms. The van der Waals surface area contributed by atoms with Crippen LogP contribution in [0.3, 0.4) is 0 Å². The quantitative estimate of drug-likeness (QED) is 0.860. The zero-order valence-electron chi connectivity index (χ0n) is 14.5. The van der Waals surface area contributed by atoms with Gasteiger partial charge in [-0.05, 0) is 34.9 Å². The van der Waals surface area contributed by atoms with Gasteiger partial charge in [0.2, 0.25) is 5.91 Å². The van der Waals surface area contributed by atoms with Gasteiger partial charge in [-0.3, -0.25) is 9.69 Å². The molecule has 2 aromatic rings. The fourth-order valence-corrected chi connectivity index (χ4v) is 4.19. The number of benzene rings is 1. The van der Waals surface area contributed by atoms with E-state index in [9.17, 15) is 4.79 Å². The number of thiophene rings is 1. The van der Waals surface area contributed by atoms with Gasteiger partial charge in [0, 0.05) is 30.9 Å². The minimum absolute atomic E-state index is 0.156. The highest BCUT2D eigenvalue weighted by Crippen LogP contribution is 2.30. The molecule has 1 aliphatic rings. The summed E-state index contributed by atoms with van der Waals surface area (Å²) in [4.78, 5) is 15.9. The van der Waals surface area contributed by atoms with E-state index < -0.39 is 0 Å². The molecule has 1 aromatic carbocycles. The molecule has 3 rings (SSSR count). The molecule has 0 bridgehead atoms. The van der Waals surface area contributed by atoms with Gasteiger partial charge in [-0.1, -0.05) is 44.2 Å². The summed E-state index contributed by atoms with van der Waals surface area (Å²) in [5.74, 6) is 0.552. The third-order valence-corrected chi connectivity index (χ3v) is 5.53. The lowest BCUT2D eigenvalue weighted by molar-refractivity contribution is -0.122. The number of hydrogen-bond acceptors (Lipinski definition) is 3. The van der Waals surface area contributed by atoms with E-state index >= 15 is 0 Å². The normalized spacial score (nSPS) is 16.0. The van der Waals surface area contributed by atoms with E-state index in [-0.39, 0.29) is 11.9 Å². The van der Waals surface area contributed by atoms with Crippen molar-refractivity contribution in [3.63, 3.8) is 0 Å². The van der Waals surface area contributed by atoms with E-state index in [0.29, 0.717) is 18.9 Å². The largest absolute Gasteiger partial charge is 0.354 e. The Labute approximate surface area is 148 Å². The van der Waals surface area contributed by atoms with Crippen molar-refractivity contribution in [1.29, 1.82) is 0 Å². The Balaban J connectivity index is 1.71. The molecule has 2 heterocycles. The molecule has 1 amide bonds. The molecule has 1 N–H and O–H groups in total. The molecule has 128 valence electrons. The molecule has 0 unspecified atom stereocenters. The van der Waals surface area contributed by atoms with Crippen LogP contribution in [0.2, 0.25) is 0 Å². The second kappa shape index (κ2) is 7.95. The van der Waals surface area contributed by atoms with Crippen LogP contribution in [0.25, 0.3) is 0 Å². The van der Waals surface area contributed by atoms with Crippen LogP contribution in [-0.2, 0) is 17.8 Å². The zero-order chi connectivity index (χ0) is 16.9. The van der Waals surface area contributed by atoms with Crippen LogP contribution < -0.4 is 5.32 Å². The lowest BCUT2D eigenvalue weighted by Gasteiger charge is -2.35. The van der Waals surface area contributed by atoms with Crippen LogP contribution in [0.4, 0.5) is 0 Å². The van der Waals surface area contributed by atoms with Gasteiger partial charge in [0.15, 0.2) is 0 Å². The SMILES string of the molecule is CC(C)CC(=O)NC[C@H](c1cccs1)N1CCc2ccccc2C1. The summed E-state index contributed by atoms with van der Waals surface area (Å²) < 4.78 is 0. The number of carbonyl (C=O) groups is 1. The molecule has 0 saturated heterocycles. The van der Waals surface area contributed by atoms with Gasteiger partial charge >= 0.3 is 0 Å². The van der Waals surface area contributed by atoms with Gasteiger partial charge in [-0.15, -0.1) is 11.3 Å². The molecule has 1 aliphatic heterocycles. The fourth-order valence-electron chi connectivity index (χ4n) is 3.33. The molecule has 0 spiro atoms. The topological polar surface area (TPSA) is 32.3 Å². The van der Waals surface area contributed by atoms with E-state index in [1.54, 1.807) is 11.3 Å². The molecular weight excluding hydrogens is 316 g/mol. The third kappa shape index (κ3) is 4.25. The second-order valence-corrected chi connectivity index (χ2v) is 7.90. The molecule has 24 heavy (non-hydrogen) atoms. The number of amides is 1. The van der Waals surface area contributed by atoms with Gasteiger partial charge in [-0.2, -0.15) is 0 Å². The Morgan fingerprint density at radius 2 is 2.00 bits per heavy atom. The van der Waals surface area contributed by atoms with Gasteiger partial charge in [0.25, 0.3) is 0 Å². The van der Waals surface area contributed by atoms with E-state index in [4.69, 9.17) is 0 Å². The molecule has 0 aliphatic carbocycles. The van der Waals surface area contributed by atoms with Gasteiger partial charge in [-0.25, -0.2) is 0 Å². The number of nitrogens with one attached hydrogen (secondary N) is 1. The van der Waals surface area contributed by atoms with E-state index in [1.807, 2.05) is 0 Å². The van der Waals surface area contributed by atoms with Crippen molar-refractivity contribution in [3.05, 3.63) is 57.8 Å². The average molecular weight is 343 g/mol. The summed E-state index contributed by atoms with van der Waals surface area (Å²) >= 11 is 1.78. The highest BCUT2D eigenvalue weighted by molar-refractivity contribution is 7.10. The molecule has 1 aromatic heterocycles. The first kappa shape index (κ1) is 17.2. The van der Waals surface area contributed by atoms with Crippen molar-refractivity contribution in [2.24, 2.45) is 5.92 Å². The molecule has 0 fully saturated rings. The van der Waals surface area contributed by atoms with Crippen molar-refractivity contribution >= 4 is 17.2 Å². The first-order valence-corrected chi connectivity index (χ1v) is 9.62. The fraction of sp³-hybridized carbons (Fsp3) is 0.450. The maximum atomic E-state index is 12.1. The van der Waals surface area contributed by atoms with Gasteiger partial charge < -0.3 is 5.32 Å². The maximum Gasteiger partial charge on any atom is 0.220 e. The Hall–Kier alpha value is -1.65. The smallest absolute Gasteiger partial charge is 0.220 e. The van der Waals surface area contributed by atoms with E-state index in [1.165, 1.54) is 16.0 Å². The summed E-state index contributed by atoms with van der Waals surface area (Å²) in [5.41, 5.74) is 2.88. The van der Waals surface area contributed by atoms with Crippen LogP contribution in [0.5, 0.6) is 0 Å². The van der Waals surface area contributed by atoms with E-state index in [0.717, 1.165) is 19.5 Å². The summed E-state index contributed by atoms with van der Waals surface area (Å²) in [6.07, 6.45) is 1.68. The minimum atomic E-state index is 0.156. The lowest BCUT2D eigenvalue weighted by Crippen LogP contribution is -2.40. The summed E-state index contributed by atoms with van der Waals surface area (Å²) in [6.45, 7) is 6.85. The number of rotatable bonds is 6. The standard InChI is InChI=1S/C20H26N2OS/c1-15(2)12-20(23)21-13-18(19-8-5-11-24-19)22-10-9-16-6-3-4-7-17(16)14-22/h3-8,11,15,18H,9-10,12-14H2,1-2H3,(H,21,23)/t18-/m1/s1. The maximum absolute atomic E-state index is 12.1. The van der Waals surface area contributed by atoms with Gasteiger partial charge in [0.05, 0.1) is 6.04 Å². The predicted octanol–water partition coefficient (Wildman–Crippen LogP) is 4.01. The van der Waals surface area contributed by atoms with Crippen molar-refractivity contribution in [3.8, 4) is 0 Å². The van der Waals surface area contributed by atoms with Crippen molar-refractivity contribution < 1.29 is 4.79 Å². The minimum Gasteiger partial charge on any atom is -0.354 e. The molecular formula is C20H26N2OS. The average Bonchev–Trinajstić information content (AvgIpc) is 3.08. The monoisotopic (exact) mass is 342 g/mol. The second-order valence-electron chi connectivity index (χ2n) is 6.92. The number of carbonyl (C=O) groups excluding carboxylic acids is 1. The lowest BCUT2D eigenvalue weighted by atomic mass is 9.98.